The molecule has 1 aliphatic heterocycles. The molecule has 1 unspecified atom stereocenters. The molecule has 2 heterocycles. The van der Waals surface area contributed by atoms with Crippen molar-refractivity contribution < 1.29 is 23.3 Å². The Kier molecular flexibility index (Phi) is 8.34. The third-order valence-electron chi connectivity index (χ3n) is 5.50. The van der Waals surface area contributed by atoms with Crippen molar-refractivity contribution in [2.45, 2.75) is 13.0 Å². The first-order valence-electron chi connectivity index (χ1n) is 11.2. The van der Waals surface area contributed by atoms with Crippen LogP contribution >= 0.6 is 11.6 Å². The van der Waals surface area contributed by atoms with E-state index in [0.29, 0.717) is 41.7 Å². The Hall–Kier alpha value is -2.72. The number of hydrogen-bond acceptors (Lipinski definition) is 8. The van der Waals surface area contributed by atoms with Gasteiger partial charge in [-0.3, -0.25) is 4.90 Å². The lowest BCUT2D eigenvalue weighted by Gasteiger charge is -2.30. The van der Waals surface area contributed by atoms with E-state index in [1.807, 2.05) is 13.0 Å². The third-order valence-corrected chi connectivity index (χ3v) is 5.79. The minimum Gasteiger partial charge on any atom is -0.493 e. The summed E-state index contributed by atoms with van der Waals surface area (Å²) < 4.78 is 36.6. The second kappa shape index (κ2) is 11.6. The number of benzene rings is 2. The van der Waals surface area contributed by atoms with Crippen LogP contribution in [0, 0.1) is 5.82 Å². The molecule has 2 aromatic carbocycles. The first kappa shape index (κ1) is 24.4. The number of morpholine rings is 1. The second-order valence-corrected chi connectivity index (χ2v) is 8.20. The average molecular weight is 491 g/mol. The molecule has 1 aromatic heterocycles. The Morgan fingerprint density at radius 1 is 1.18 bits per heavy atom. The van der Waals surface area contributed by atoms with Crippen LogP contribution in [0.4, 0.5) is 15.9 Å². The van der Waals surface area contributed by atoms with Gasteiger partial charge in [-0.25, -0.2) is 14.4 Å². The number of rotatable bonds is 10. The Labute approximate surface area is 202 Å². The number of nitrogens with one attached hydrogen (secondary N) is 1. The van der Waals surface area contributed by atoms with Crippen LogP contribution in [0.5, 0.6) is 11.5 Å². The van der Waals surface area contributed by atoms with Crippen LogP contribution in [0.1, 0.15) is 6.92 Å². The van der Waals surface area contributed by atoms with Crippen molar-refractivity contribution in [3.8, 4) is 11.5 Å². The molecule has 1 saturated heterocycles. The number of hydrogen-bond donors (Lipinski definition) is 1. The third kappa shape index (κ3) is 6.04. The maximum absolute atomic E-state index is 13.5. The molecule has 1 fully saturated rings. The molecule has 0 amide bonds. The molecule has 0 radical (unpaired) electrons. The highest BCUT2D eigenvalue weighted by molar-refractivity contribution is 6.31. The van der Waals surface area contributed by atoms with Gasteiger partial charge in [-0.2, -0.15) is 0 Å². The minimum atomic E-state index is -0.485. The Morgan fingerprint density at radius 3 is 2.74 bits per heavy atom. The molecule has 1 N–H and O–H groups in total. The summed E-state index contributed by atoms with van der Waals surface area (Å²) in [7, 11) is 1.59. The Morgan fingerprint density at radius 2 is 2.00 bits per heavy atom. The molecule has 1 atom stereocenters. The van der Waals surface area contributed by atoms with Crippen molar-refractivity contribution in [1.82, 2.24) is 14.9 Å². The van der Waals surface area contributed by atoms with E-state index in [1.54, 1.807) is 19.2 Å². The molecule has 0 bridgehead atoms. The van der Waals surface area contributed by atoms with E-state index in [2.05, 4.69) is 20.2 Å². The van der Waals surface area contributed by atoms with Crippen molar-refractivity contribution >= 4 is 34.0 Å². The van der Waals surface area contributed by atoms with E-state index >= 15 is 0 Å². The van der Waals surface area contributed by atoms with E-state index in [9.17, 15) is 4.39 Å². The first-order chi connectivity index (χ1) is 16.6. The van der Waals surface area contributed by atoms with Gasteiger partial charge >= 0.3 is 0 Å². The summed E-state index contributed by atoms with van der Waals surface area (Å²) in [5.74, 6) is 1.16. The predicted octanol–water partition coefficient (Wildman–Crippen LogP) is 4.29. The predicted molar refractivity (Wildman–Crippen MR) is 129 cm³/mol. The molecule has 3 aromatic rings. The smallest absolute Gasteiger partial charge is 0.162 e. The molecule has 0 spiro atoms. The molecule has 34 heavy (non-hydrogen) atoms. The van der Waals surface area contributed by atoms with Crippen molar-refractivity contribution in [1.29, 1.82) is 0 Å². The lowest BCUT2D eigenvalue weighted by Crippen LogP contribution is -2.43. The highest BCUT2D eigenvalue weighted by Gasteiger charge is 2.19. The van der Waals surface area contributed by atoms with Gasteiger partial charge in [-0.1, -0.05) is 11.6 Å². The molecular formula is C24H28ClFN4O4. The lowest BCUT2D eigenvalue weighted by atomic mass is 10.2. The molecule has 4 rings (SSSR count). The molecule has 8 nitrogen and oxygen atoms in total. The standard InChI is InChI=1S/C24H28ClFN4O4/c1-3-33-17(13-30-6-8-32-9-7-30)14-34-23-11-18-21(12-22(23)31-2)27-15-28-24(18)29-16-4-5-20(26)19(25)10-16/h4-5,10-12,15,17H,3,6-9,13-14H2,1-2H3,(H,27,28,29). The number of nitrogens with zero attached hydrogens (tertiary/aromatic N) is 3. The number of halogens is 2. The van der Waals surface area contributed by atoms with Gasteiger partial charge in [0.15, 0.2) is 11.5 Å². The summed E-state index contributed by atoms with van der Waals surface area (Å²) in [6, 6.07) is 8.03. The van der Waals surface area contributed by atoms with Gasteiger partial charge < -0.3 is 24.3 Å². The number of aromatic nitrogens is 2. The van der Waals surface area contributed by atoms with Gasteiger partial charge in [0.05, 0.1) is 30.9 Å². The monoisotopic (exact) mass is 490 g/mol. The second-order valence-electron chi connectivity index (χ2n) is 7.80. The van der Waals surface area contributed by atoms with E-state index < -0.39 is 5.82 Å². The summed E-state index contributed by atoms with van der Waals surface area (Å²) >= 11 is 5.92. The summed E-state index contributed by atoms with van der Waals surface area (Å²) in [6.45, 7) is 6.90. The maximum atomic E-state index is 13.5. The molecular weight excluding hydrogens is 463 g/mol. The van der Waals surface area contributed by atoms with E-state index in [1.165, 1.54) is 18.5 Å². The van der Waals surface area contributed by atoms with E-state index in [-0.39, 0.29) is 11.1 Å². The molecule has 1 aliphatic rings. The van der Waals surface area contributed by atoms with E-state index in [0.717, 1.165) is 38.2 Å². The Balaban J connectivity index is 1.56. The SMILES string of the molecule is CCOC(COc1cc2c(Nc3ccc(F)c(Cl)c3)ncnc2cc1OC)CN1CCOCC1. The van der Waals surface area contributed by atoms with Crippen LogP contribution < -0.4 is 14.8 Å². The lowest BCUT2D eigenvalue weighted by molar-refractivity contribution is -0.0244. The van der Waals surface area contributed by atoms with Crippen molar-refractivity contribution in [2.75, 3.05) is 58.5 Å². The average Bonchev–Trinajstić information content (AvgIpc) is 2.85. The molecule has 10 heteroatoms. The zero-order valence-electron chi connectivity index (χ0n) is 19.2. The minimum absolute atomic E-state index is 0.0243. The van der Waals surface area contributed by atoms with Gasteiger partial charge in [0.1, 0.15) is 30.7 Å². The summed E-state index contributed by atoms with van der Waals surface area (Å²) in [6.07, 6.45) is 1.35. The normalized spacial score (nSPS) is 15.3. The zero-order valence-corrected chi connectivity index (χ0v) is 20.0. The first-order valence-corrected chi connectivity index (χ1v) is 11.5. The van der Waals surface area contributed by atoms with Crippen LogP contribution in [0.2, 0.25) is 5.02 Å². The van der Waals surface area contributed by atoms with Crippen molar-refractivity contribution in [3.63, 3.8) is 0 Å². The van der Waals surface area contributed by atoms with Crippen LogP contribution in [0.25, 0.3) is 10.9 Å². The highest BCUT2D eigenvalue weighted by Crippen LogP contribution is 2.35. The van der Waals surface area contributed by atoms with Crippen molar-refractivity contribution in [2.24, 2.45) is 0 Å². The number of ether oxygens (including phenoxy) is 4. The van der Waals surface area contributed by atoms with Crippen LogP contribution in [-0.4, -0.2) is 74.1 Å². The number of methoxy groups -OCH3 is 1. The quantitative estimate of drug-likeness (QED) is 0.451. The summed E-state index contributed by atoms with van der Waals surface area (Å²) in [5.41, 5.74) is 1.27. The molecule has 0 aliphatic carbocycles. The van der Waals surface area contributed by atoms with Crippen LogP contribution in [0.15, 0.2) is 36.7 Å². The van der Waals surface area contributed by atoms with Crippen LogP contribution in [-0.2, 0) is 9.47 Å². The number of fused-ring (bicyclic) bond motifs is 1. The largest absolute Gasteiger partial charge is 0.493 e. The topological polar surface area (TPSA) is 78.0 Å². The van der Waals surface area contributed by atoms with Gasteiger partial charge in [-0.15, -0.1) is 0 Å². The zero-order chi connectivity index (χ0) is 23.9. The molecule has 182 valence electrons. The van der Waals surface area contributed by atoms with Gasteiger partial charge in [0.2, 0.25) is 0 Å². The van der Waals surface area contributed by atoms with Gasteiger partial charge in [0.25, 0.3) is 0 Å². The number of anilines is 2. The fourth-order valence-electron chi connectivity index (χ4n) is 3.79. The highest BCUT2D eigenvalue weighted by atomic mass is 35.5. The Bertz CT molecular complexity index is 1110. The fourth-order valence-corrected chi connectivity index (χ4v) is 3.97. The van der Waals surface area contributed by atoms with Crippen LogP contribution in [0.3, 0.4) is 0 Å². The van der Waals surface area contributed by atoms with Crippen molar-refractivity contribution in [3.05, 3.63) is 47.5 Å². The maximum Gasteiger partial charge on any atom is 0.162 e. The summed E-state index contributed by atoms with van der Waals surface area (Å²) in [5, 5.41) is 3.92. The van der Waals surface area contributed by atoms with Gasteiger partial charge in [0, 0.05) is 43.4 Å². The fraction of sp³-hybridized carbons (Fsp3) is 0.417. The molecule has 0 saturated carbocycles. The van der Waals surface area contributed by atoms with E-state index in [4.69, 9.17) is 30.5 Å². The van der Waals surface area contributed by atoms with Gasteiger partial charge in [-0.05, 0) is 31.2 Å². The summed E-state index contributed by atoms with van der Waals surface area (Å²) in [4.78, 5) is 11.0.